The van der Waals surface area contributed by atoms with E-state index < -0.39 is 0 Å². The normalized spacial score (nSPS) is 11.3. The maximum Gasteiger partial charge on any atom is 0.0952 e. The number of thiophene rings is 1. The van der Waals surface area contributed by atoms with Crippen molar-refractivity contribution >= 4 is 11.3 Å². The Hall–Kier alpha value is -1.13. The number of nitrogens with one attached hydrogen (secondary N) is 1. The summed E-state index contributed by atoms with van der Waals surface area (Å²) in [4.78, 5) is 5.65. The molecule has 0 saturated carbocycles. The van der Waals surface area contributed by atoms with E-state index in [1.54, 1.807) is 0 Å². The van der Waals surface area contributed by atoms with Gasteiger partial charge in [0.2, 0.25) is 0 Å². The van der Waals surface area contributed by atoms with Gasteiger partial charge in [0.05, 0.1) is 18.6 Å². The summed E-state index contributed by atoms with van der Waals surface area (Å²) < 4.78 is 2.22. The van der Waals surface area contributed by atoms with Crippen LogP contribution in [0.4, 0.5) is 0 Å². The zero-order chi connectivity index (χ0) is 12.3. The lowest BCUT2D eigenvalue weighted by Gasteiger charge is -2.10. The third-order valence-corrected chi connectivity index (χ3v) is 3.78. The Balaban J connectivity index is 2.06. The summed E-state index contributed by atoms with van der Waals surface area (Å²) in [5, 5.41) is 5.57. The van der Waals surface area contributed by atoms with E-state index in [9.17, 15) is 0 Å². The Labute approximate surface area is 107 Å². The molecule has 4 heteroatoms. The van der Waals surface area contributed by atoms with Gasteiger partial charge >= 0.3 is 0 Å². The van der Waals surface area contributed by atoms with Gasteiger partial charge < -0.3 is 9.88 Å². The molecule has 0 atom stereocenters. The Morgan fingerprint density at radius 3 is 2.94 bits per heavy atom. The van der Waals surface area contributed by atoms with Crippen LogP contribution in [0.3, 0.4) is 0 Å². The summed E-state index contributed by atoms with van der Waals surface area (Å²) >= 11 is 1.81. The van der Waals surface area contributed by atoms with Crippen LogP contribution in [0.2, 0.25) is 0 Å². The van der Waals surface area contributed by atoms with E-state index in [4.69, 9.17) is 0 Å². The van der Waals surface area contributed by atoms with E-state index in [0.29, 0.717) is 6.04 Å². The Morgan fingerprint density at radius 1 is 1.47 bits per heavy atom. The van der Waals surface area contributed by atoms with Crippen LogP contribution in [0.25, 0.3) is 0 Å². The topological polar surface area (TPSA) is 29.9 Å². The number of imidazole rings is 1. The number of hydrogen-bond donors (Lipinski definition) is 1. The Bertz CT molecular complexity index is 470. The van der Waals surface area contributed by atoms with Crippen molar-refractivity contribution in [2.24, 2.45) is 0 Å². The molecule has 2 aromatic rings. The minimum atomic E-state index is 0.502. The molecular formula is C13H19N3S. The Morgan fingerprint density at radius 2 is 2.29 bits per heavy atom. The van der Waals surface area contributed by atoms with Crippen LogP contribution in [0, 0.1) is 6.92 Å². The van der Waals surface area contributed by atoms with Crippen LogP contribution in [-0.2, 0) is 13.1 Å². The van der Waals surface area contributed by atoms with E-state index in [1.807, 2.05) is 23.9 Å². The van der Waals surface area contributed by atoms with E-state index in [1.165, 1.54) is 16.1 Å². The Kier molecular flexibility index (Phi) is 3.97. The van der Waals surface area contributed by atoms with E-state index >= 15 is 0 Å². The molecule has 2 aromatic heterocycles. The molecule has 2 heterocycles. The smallest absolute Gasteiger partial charge is 0.0952 e. The molecule has 3 nitrogen and oxygen atoms in total. The predicted molar refractivity (Wildman–Crippen MR) is 72.4 cm³/mol. The lowest BCUT2D eigenvalue weighted by molar-refractivity contribution is 0.565. The van der Waals surface area contributed by atoms with Gasteiger partial charge in [-0.05, 0) is 23.9 Å². The monoisotopic (exact) mass is 249 g/mol. The highest BCUT2D eigenvalue weighted by molar-refractivity contribution is 7.10. The minimum absolute atomic E-state index is 0.502. The van der Waals surface area contributed by atoms with Crippen LogP contribution >= 0.6 is 11.3 Å². The predicted octanol–water partition coefficient (Wildman–Crippen LogP) is 2.80. The molecule has 0 aliphatic heterocycles. The molecule has 0 aromatic carbocycles. The van der Waals surface area contributed by atoms with Crippen molar-refractivity contribution in [3.05, 3.63) is 40.1 Å². The van der Waals surface area contributed by atoms with Gasteiger partial charge in [-0.25, -0.2) is 4.98 Å². The van der Waals surface area contributed by atoms with Gasteiger partial charge in [0.15, 0.2) is 0 Å². The number of aromatic nitrogens is 2. The maximum absolute atomic E-state index is 4.24. The van der Waals surface area contributed by atoms with E-state index in [2.05, 4.69) is 47.1 Å². The zero-order valence-electron chi connectivity index (χ0n) is 10.6. The summed E-state index contributed by atoms with van der Waals surface area (Å²) in [5.74, 6) is 0. The molecule has 92 valence electrons. The highest BCUT2D eigenvalue weighted by Gasteiger charge is 2.06. The summed E-state index contributed by atoms with van der Waals surface area (Å²) in [6.45, 7) is 8.28. The maximum atomic E-state index is 4.24. The van der Waals surface area contributed by atoms with Crippen LogP contribution in [-0.4, -0.2) is 15.6 Å². The number of nitrogens with zero attached hydrogens (tertiary/aromatic N) is 2. The zero-order valence-corrected chi connectivity index (χ0v) is 11.4. The van der Waals surface area contributed by atoms with Gasteiger partial charge in [0, 0.05) is 23.7 Å². The lowest BCUT2D eigenvalue weighted by Crippen LogP contribution is -2.23. The summed E-state index contributed by atoms with van der Waals surface area (Å²) in [7, 11) is 0. The molecule has 0 unspecified atom stereocenters. The molecule has 0 aliphatic carbocycles. The summed E-state index contributed by atoms with van der Waals surface area (Å²) in [6.07, 6.45) is 3.86. The average Bonchev–Trinajstić information content (AvgIpc) is 2.87. The third kappa shape index (κ3) is 3.17. The molecule has 0 spiro atoms. The fraction of sp³-hybridized carbons (Fsp3) is 0.462. The van der Waals surface area contributed by atoms with Crippen LogP contribution in [0.1, 0.15) is 30.0 Å². The van der Waals surface area contributed by atoms with Gasteiger partial charge in [0.1, 0.15) is 0 Å². The molecule has 2 rings (SSSR count). The van der Waals surface area contributed by atoms with Gasteiger partial charge in [-0.15, -0.1) is 11.3 Å². The second kappa shape index (κ2) is 5.47. The van der Waals surface area contributed by atoms with Gasteiger partial charge in [-0.2, -0.15) is 0 Å². The molecule has 17 heavy (non-hydrogen) atoms. The van der Waals surface area contributed by atoms with Crippen LogP contribution in [0.5, 0.6) is 0 Å². The first-order valence-electron chi connectivity index (χ1n) is 5.92. The highest BCUT2D eigenvalue weighted by atomic mass is 32.1. The van der Waals surface area contributed by atoms with Crippen molar-refractivity contribution in [2.45, 2.75) is 39.9 Å². The SMILES string of the molecule is Cc1ccsc1Cn1cncc1CNC(C)C. The number of rotatable bonds is 5. The van der Waals surface area contributed by atoms with E-state index in [-0.39, 0.29) is 0 Å². The molecule has 1 N–H and O–H groups in total. The molecule has 0 aliphatic rings. The minimum Gasteiger partial charge on any atom is -0.328 e. The molecule has 0 amide bonds. The van der Waals surface area contributed by atoms with Crippen LogP contribution in [0.15, 0.2) is 24.0 Å². The van der Waals surface area contributed by atoms with Gasteiger partial charge in [0.25, 0.3) is 0 Å². The molecule has 0 radical (unpaired) electrons. The van der Waals surface area contributed by atoms with Crippen molar-refractivity contribution < 1.29 is 0 Å². The molecule has 0 fully saturated rings. The average molecular weight is 249 g/mol. The van der Waals surface area contributed by atoms with Crippen LogP contribution < -0.4 is 5.32 Å². The molecular weight excluding hydrogens is 230 g/mol. The van der Waals surface area contributed by atoms with Crippen molar-refractivity contribution in [2.75, 3.05) is 0 Å². The summed E-state index contributed by atoms with van der Waals surface area (Å²) in [5.41, 5.74) is 2.61. The molecule has 0 bridgehead atoms. The van der Waals surface area contributed by atoms with Crippen molar-refractivity contribution in [3.8, 4) is 0 Å². The quantitative estimate of drug-likeness (QED) is 0.883. The van der Waals surface area contributed by atoms with Crippen molar-refractivity contribution in [3.63, 3.8) is 0 Å². The summed E-state index contributed by atoms with van der Waals surface area (Å²) in [6, 6.07) is 2.67. The second-order valence-electron chi connectivity index (χ2n) is 4.58. The fourth-order valence-corrected chi connectivity index (χ4v) is 2.57. The first-order chi connectivity index (χ1) is 8.16. The third-order valence-electron chi connectivity index (χ3n) is 2.77. The molecule has 0 saturated heterocycles. The van der Waals surface area contributed by atoms with Gasteiger partial charge in [-0.1, -0.05) is 13.8 Å². The van der Waals surface area contributed by atoms with Gasteiger partial charge in [-0.3, -0.25) is 0 Å². The largest absolute Gasteiger partial charge is 0.328 e. The first kappa shape index (κ1) is 12.3. The highest BCUT2D eigenvalue weighted by Crippen LogP contribution is 2.17. The number of hydrogen-bond acceptors (Lipinski definition) is 3. The second-order valence-corrected chi connectivity index (χ2v) is 5.58. The first-order valence-corrected chi connectivity index (χ1v) is 6.80. The van der Waals surface area contributed by atoms with E-state index in [0.717, 1.165) is 13.1 Å². The fourth-order valence-electron chi connectivity index (χ4n) is 1.67. The number of aryl methyl sites for hydroxylation is 1. The van der Waals surface area contributed by atoms with Crippen molar-refractivity contribution in [1.82, 2.24) is 14.9 Å². The standard InChI is InChI=1S/C13H19N3S/c1-10(2)15-7-12-6-14-9-16(12)8-13-11(3)4-5-17-13/h4-6,9-10,15H,7-8H2,1-3H3. The lowest BCUT2D eigenvalue weighted by atomic mass is 10.3. The van der Waals surface area contributed by atoms with Crippen molar-refractivity contribution in [1.29, 1.82) is 0 Å².